The van der Waals surface area contributed by atoms with E-state index in [1.807, 2.05) is 30.3 Å². The van der Waals surface area contributed by atoms with Crippen molar-refractivity contribution in [3.8, 4) is 0 Å². The number of thiazole rings is 1. The number of anilines is 1. The maximum absolute atomic E-state index is 12.1. The molecule has 0 saturated heterocycles. The molecule has 0 atom stereocenters. The van der Waals surface area contributed by atoms with Gasteiger partial charge in [-0.2, -0.15) is 0 Å². The minimum Gasteiger partial charge on any atom is -0.297 e. The second-order valence-electron chi connectivity index (χ2n) is 4.64. The molecule has 1 amide bonds. The highest BCUT2D eigenvalue weighted by Crippen LogP contribution is 2.26. The summed E-state index contributed by atoms with van der Waals surface area (Å²) in [7, 11) is 0. The standard InChI is InChI=1S/C15H11N3O3S2/c19-14(12-6-7-13(23-12)18(20)21)17-15-16-9-11(22-15)8-10-4-2-1-3-5-10/h1-7,9H,8H2,(H,16,17,19). The highest BCUT2D eigenvalue weighted by Gasteiger charge is 2.16. The van der Waals surface area contributed by atoms with Crippen LogP contribution in [0.5, 0.6) is 0 Å². The Bertz CT molecular complexity index is 843. The smallest absolute Gasteiger partial charge is 0.297 e. The highest BCUT2D eigenvalue weighted by molar-refractivity contribution is 7.17. The molecular formula is C15H11N3O3S2. The van der Waals surface area contributed by atoms with Crippen LogP contribution >= 0.6 is 22.7 Å². The number of benzene rings is 1. The average Bonchev–Trinajstić information content (AvgIpc) is 3.18. The van der Waals surface area contributed by atoms with E-state index in [1.54, 1.807) is 6.20 Å². The Labute approximate surface area is 139 Å². The van der Waals surface area contributed by atoms with Gasteiger partial charge in [0, 0.05) is 23.6 Å². The first kappa shape index (κ1) is 15.3. The molecular weight excluding hydrogens is 334 g/mol. The lowest BCUT2D eigenvalue weighted by Gasteiger charge is -1.98. The van der Waals surface area contributed by atoms with Crippen LogP contribution in [0, 0.1) is 10.1 Å². The summed E-state index contributed by atoms with van der Waals surface area (Å²) in [5.74, 6) is -0.385. The van der Waals surface area contributed by atoms with Gasteiger partial charge in [-0.25, -0.2) is 4.98 Å². The number of hydrogen-bond acceptors (Lipinski definition) is 6. The quantitative estimate of drug-likeness (QED) is 0.560. The topological polar surface area (TPSA) is 85.1 Å². The minimum atomic E-state index is -0.511. The number of nitro groups is 1. The van der Waals surface area contributed by atoms with Gasteiger partial charge in [-0.05, 0) is 11.6 Å². The number of nitrogens with one attached hydrogen (secondary N) is 1. The number of nitrogens with zero attached hydrogens (tertiary/aromatic N) is 2. The first-order valence-corrected chi connectivity index (χ1v) is 8.29. The summed E-state index contributed by atoms with van der Waals surface area (Å²) in [4.78, 5) is 27.7. The van der Waals surface area contributed by atoms with Gasteiger partial charge in [-0.3, -0.25) is 20.2 Å². The van der Waals surface area contributed by atoms with E-state index >= 15 is 0 Å². The van der Waals surface area contributed by atoms with Crippen molar-refractivity contribution in [1.29, 1.82) is 0 Å². The van der Waals surface area contributed by atoms with Gasteiger partial charge < -0.3 is 0 Å². The third kappa shape index (κ3) is 3.79. The number of aromatic nitrogens is 1. The number of carbonyl (C=O) groups excluding carboxylic acids is 1. The van der Waals surface area contributed by atoms with Crippen LogP contribution in [0.25, 0.3) is 0 Å². The molecule has 2 aromatic heterocycles. The van der Waals surface area contributed by atoms with Gasteiger partial charge in [0.2, 0.25) is 0 Å². The Morgan fingerprint density at radius 2 is 1.96 bits per heavy atom. The summed E-state index contributed by atoms with van der Waals surface area (Å²) in [6.07, 6.45) is 2.48. The van der Waals surface area contributed by atoms with Crippen molar-refractivity contribution in [2.24, 2.45) is 0 Å². The van der Waals surface area contributed by atoms with Crippen molar-refractivity contribution >= 4 is 38.7 Å². The van der Waals surface area contributed by atoms with Crippen LogP contribution in [0.1, 0.15) is 20.1 Å². The van der Waals surface area contributed by atoms with Crippen LogP contribution in [0.2, 0.25) is 0 Å². The van der Waals surface area contributed by atoms with E-state index in [-0.39, 0.29) is 15.8 Å². The van der Waals surface area contributed by atoms with Gasteiger partial charge in [-0.15, -0.1) is 11.3 Å². The van der Waals surface area contributed by atoms with Crippen molar-refractivity contribution in [3.05, 3.63) is 74.1 Å². The van der Waals surface area contributed by atoms with E-state index < -0.39 is 4.92 Å². The summed E-state index contributed by atoms with van der Waals surface area (Å²) in [5.41, 5.74) is 1.17. The number of rotatable bonds is 5. The van der Waals surface area contributed by atoms with Crippen LogP contribution < -0.4 is 5.32 Å². The molecule has 1 N–H and O–H groups in total. The zero-order valence-corrected chi connectivity index (χ0v) is 13.4. The maximum atomic E-state index is 12.1. The molecule has 0 saturated carbocycles. The summed E-state index contributed by atoms with van der Waals surface area (Å²) in [5, 5.41) is 13.7. The Hall–Kier alpha value is -2.58. The molecule has 0 bridgehead atoms. The predicted octanol–water partition coefficient (Wildman–Crippen LogP) is 3.96. The van der Waals surface area contributed by atoms with Crippen molar-refractivity contribution < 1.29 is 9.72 Å². The molecule has 0 spiro atoms. The normalized spacial score (nSPS) is 10.4. The Balaban J connectivity index is 1.66. The lowest BCUT2D eigenvalue weighted by molar-refractivity contribution is -0.380. The van der Waals surface area contributed by atoms with Crippen molar-refractivity contribution in [3.63, 3.8) is 0 Å². The third-order valence-electron chi connectivity index (χ3n) is 2.99. The Morgan fingerprint density at radius 1 is 1.17 bits per heavy atom. The molecule has 23 heavy (non-hydrogen) atoms. The molecule has 0 aliphatic rings. The molecule has 0 fully saturated rings. The summed E-state index contributed by atoms with van der Waals surface area (Å²) in [6, 6.07) is 12.7. The fourth-order valence-corrected chi connectivity index (χ4v) is 3.51. The molecule has 0 aliphatic heterocycles. The van der Waals surface area contributed by atoms with E-state index in [1.165, 1.54) is 29.0 Å². The first-order valence-electron chi connectivity index (χ1n) is 6.66. The molecule has 0 radical (unpaired) electrons. The van der Waals surface area contributed by atoms with E-state index in [0.717, 1.165) is 22.6 Å². The van der Waals surface area contributed by atoms with Crippen molar-refractivity contribution in [2.75, 3.05) is 5.32 Å². The van der Waals surface area contributed by atoms with Crippen LogP contribution in [-0.4, -0.2) is 15.8 Å². The zero-order valence-electron chi connectivity index (χ0n) is 11.8. The summed E-state index contributed by atoms with van der Waals surface area (Å²) in [6.45, 7) is 0. The molecule has 1 aromatic carbocycles. The number of thiophene rings is 1. The van der Waals surface area contributed by atoms with Crippen molar-refractivity contribution in [1.82, 2.24) is 4.98 Å². The van der Waals surface area contributed by atoms with E-state index in [9.17, 15) is 14.9 Å². The lowest BCUT2D eigenvalue weighted by Crippen LogP contribution is -2.09. The largest absolute Gasteiger partial charge is 0.324 e. The van der Waals surface area contributed by atoms with Gasteiger partial charge in [0.15, 0.2) is 5.13 Å². The number of carbonyl (C=O) groups is 1. The van der Waals surface area contributed by atoms with E-state index in [2.05, 4.69) is 10.3 Å². The van der Waals surface area contributed by atoms with E-state index in [0.29, 0.717) is 5.13 Å². The molecule has 0 aliphatic carbocycles. The third-order valence-corrected chi connectivity index (χ3v) is 4.94. The molecule has 2 heterocycles. The van der Waals surface area contributed by atoms with Gasteiger partial charge >= 0.3 is 5.00 Å². The highest BCUT2D eigenvalue weighted by atomic mass is 32.1. The molecule has 0 unspecified atom stereocenters. The van der Waals surface area contributed by atoms with Gasteiger partial charge in [0.1, 0.15) is 0 Å². The van der Waals surface area contributed by atoms with E-state index in [4.69, 9.17) is 0 Å². The molecule has 116 valence electrons. The van der Waals surface area contributed by atoms with Gasteiger partial charge in [0.25, 0.3) is 5.91 Å². The fourth-order valence-electron chi connectivity index (χ4n) is 1.95. The SMILES string of the molecule is O=C(Nc1ncc(Cc2ccccc2)s1)c1ccc([N+](=O)[O-])s1. The Morgan fingerprint density at radius 3 is 2.65 bits per heavy atom. The monoisotopic (exact) mass is 345 g/mol. The van der Waals surface area contributed by atoms with Gasteiger partial charge in [0.05, 0.1) is 9.80 Å². The molecule has 3 aromatic rings. The average molecular weight is 345 g/mol. The first-order chi connectivity index (χ1) is 11.1. The lowest BCUT2D eigenvalue weighted by atomic mass is 10.1. The number of amides is 1. The second kappa shape index (κ2) is 6.67. The summed E-state index contributed by atoms with van der Waals surface area (Å²) >= 11 is 2.24. The number of hydrogen-bond donors (Lipinski definition) is 1. The Kier molecular flexibility index (Phi) is 4.45. The van der Waals surface area contributed by atoms with Crippen LogP contribution in [0.3, 0.4) is 0 Å². The van der Waals surface area contributed by atoms with Crippen LogP contribution in [0.15, 0.2) is 48.7 Å². The summed E-state index contributed by atoms with van der Waals surface area (Å²) < 4.78 is 0. The second-order valence-corrected chi connectivity index (χ2v) is 6.82. The fraction of sp³-hybridized carbons (Fsp3) is 0.0667. The van der Waals surface area contributed by atoms with Gasteiger partial charge in [-0.1, -0.05) is 41.7 Å². The molecule has 8 heteroatoms. The van der Waals surface area contributed by atoms with Crippen LogP contribution in [0.4, 0.5) is 10.1 Å². The maximum Gasteiger partial charge on any atom is 0.324 e. The molecule has 3 rings (SSSR count). The molecule has 6 nitrogen and oxygen atoms in total. The zero-order chi connectivity index (χ0) is 16.2. The minimum absolute atomic E-state index is 0.0564. The van der Waals surface area contributed by atoms with Crippen LogP contribution in [-0.2, 0) is 6.42 Å². The van der Waals surface area contributed by atoms with Crippen molar-refractivity contribution in [2.45, 2.75) is 6.42 Å². The predicted molar refractivity (Wildman–Crippen MR) is 90.3 cm³/mol.